The first-order chi connectivity index (χ1) is 11.4. The molecule has 0 saturated carbocycles. The first kappa shape index (κ1) is 16.4. The van der Waals surface area contributed by atoms with Gasteiger partial charge in [0.25, 0.3) is 10.1 Å². The van der Waals surface area contributed by atoms with Crippen molar-refractivity contribution in [2.24, 2.45) is 5.92 Å². The fourth-order valence-corrected chi connectivity index (χ4v) is 3.24. The Morgan fingerprint density at radius 3 is 2.58 bits per heavy atom. The van der Waals surface area contributed by atoms with E-state index in [1.54, 1.807) is 31.4 Å². The Morgan fingerprint density at radius 1 is 1.33 bits per heavy atom. The molecule has 0 aliphatic carbocycles. The Hall–Kier alpha value is -2.46. The maximum atomic E-state index is 12.2. The number of benzene rings is 1. The smallest absolute Gasteiger partial charge is 0.311 e. The molecule has 1 amide bonds. The van der Waals surface area contributed by atoms with Crippen molar-refractivity contribution >= 4 is 16.0 Å². The Bertz CT molecular complexity index is 840. The lowest BCUT2D eigenvalue weighted by Gasteiger charge is -2.37. The fourth-order valence-electron chi connectivity index (χ4n) is 2.43. The van der Waals surface area contributed by atoms with E-state index < -0.39 is 16.0 Å². The van der Waals surface area contributed by atoms with E-state index in [1.807, 2.05) is 0 Å². The molecule has 1 fully saturated rings. The molecule has 1 aromatic carbocycles. The molecular formula is C14H15N3O6S. The molecular weight excluding hydrogens is 338 g/mol. The van der Waals surface area contributed by atoms with Gasteiger partial charge in [-0.25, -0.2) is 0 Å². The Labute approximate surface area is 138 Å². The average Bonchev–Trinajstić information content (AvgIpc) is 2.99. The summed E-state index contributed by atoms with van der Waals surface area (Å²) in [4.78, 5) is 13.6. The van der Waals surface area contributed by atoms with Gasteiger partial charge in [0.1, 0.15) is 5.75 Å². The van der Waals surface area contributed by atoms with E-state index in [-0.39, 0.29) is 36.5 Å². The number of carbonyl (C=O) groups excluding carboxylic acids is 1. The van der Waals surface area contributed by atoms with Crippen molar-refractivity contribution in [2.45, 2.75) is 0 Å². The van der Waals surface area contributed by atoms with Crippen LogP contribution >= 0.6 is 0 Å². The third-order valence-corrected chi connectivity index (χ3v) is 4.53. The van der Waals surface area contributed by atoms with Crippen LogP contribution in [0.2, 0.25) is 0 Å². The van der Waals surface area contributed by atoms with E-state index in [2.05, 4.69) is 10.2 Å². The molecule has 0 atom stereocenters. The Morgan fingerprint density at radius 2 is 2.00 bits per heavy atom. The van der Waals surface area contributed by atoms with Crippen LogP contribution in [-0.4, -0.2) is 59.9 Å². The van der Waals surface area contributed by atoms with Crippen LogP contribution in [0.4, 0.5) is 0 Å². The Balaban J connectivity index is 1.64. The molecule has 1 aliphatic heterocycles. The van der Waals surface area contributed by atoms with Gasteiger partial charge in [0.2, 0.25) is 5.89 Å². The molecule has 10 heteroatoms. The molecule has 2 aromatic rings. The lowest BCUT2D eigenvalue weighted by atomic mass is 10.0. The van der Waals surface area contributed by atoms with Crippen molar-refractivity contribution in [1.82, 2.24) is 15.1 Å². The van der Waals surface area contributed by atoms with Crippen molar-refractivity contribution in [3.05, 3.63) is 30.2 Å². The molecule has 24 heavy (non-hydrogen) atoms. The highest BCUT2D eigenvalue weighted by Crippen LogP contribution is 2.23. The van der Waals surface area contributed by atoms with Crippen molar-refractivity contribution in [3.63, 3.8) is 0 Å². The van der Waals surface area contributed by atoms with Gasteiger partial charge in [-0.2, -0.15) is 8.42 Å². The van der Waals surface area contributed by atoms with Crippen LogP contribution in [0.1, 0.15) is 10.7 Å². The van der Waals surface area contributed by atoms with E-state index in [4.69, 9.17) is 13.7 Å². The minimum absolute atomic E-state index is 0.161. The van der Waals surface area contributed by atoms with Gasteiger partial charge in [0.05, 0.1) is 12.9 Å². The number of hydrogen-bond donors (Lipinski definition) is 1. The summed E-state index contributed by atoms with van der Waals surface area (Å²) in [7, 11) is -2.48. The first-order valence-corrected chi connectivity index (χ1v) is 8.69. The van der Waals surface area contributed by atoms with Crippen LogP contribution in [-0.2, 0) is 10.1 Å². The van der Waals surface area contributed by atoms with Crippen LogP contribution < -0.4 is 4.74 Å². The summed E-state index contributed by atoms with van der Waals surface area (Å²) < 4.78 is 40.8. The third-order valence-electron chi connectivity index (χ3n) is 3.64. The molecule has 1 aliphatic rings. The number of aromatic nitrogens is 2. The van der Waals surface area contributed by atoms with Crippen LogP contribution in [0.3, 0.4) is 0 Å². The van der Waals surface area contributed by atoms with Crippen LogP contribution in [0.5, 0.6) is 5.75 Å². The van der Waals surface area contributed by atoms with Crippen LogP contribution in [0.15, 0.2) is 28.7 Å². The van der Waals surface area contributed by atoms with E-state index in [0.29, 0.717) is 11.3 Å². The minimum atomic E-state index is -4.04. The van der Waals surface area contributed by atoms with Crippen LogP contribution in [0, 0.1) is 5.92 Å². The average molecular weight is 353 g/mol. The third kappa shape index (κ3) is 3.54. The molecule has 128 valence electrons. The van der Waals surface area contributed by atoms with Crippen molar-refractivity contribution < 1.29 is 26.9 Å². The quantitative estimate of drug-likeness (QED) is 0.780. The molecule has 1 aromatic heterocycles. The zero-order valence-electron chi connectivity index (χ0n) is 12.7. The fraction of sp³-hybridized carbons (Fsp3) is 0.357. The topological polar surface area (TPSA) is 123 Å². The number of likely N-dealkylation sites (tertiary alicyclic amines) is 1. The second kappa shape index (κ2) is 6.21. The molecule has 0 unspecified atom stereocenters. The normalized spacial score (nSPS) is 15.2. The highest BCUT2D eigenvalue weighted by molar-refractivity contribution is 7.85. The highest BCUT2D eigenvalue weighted by atomic mass is 32.2. The summed E-state index contributed by atoms with van der Waals surface area (Å²) in [6, 6.07) is 6.92. The summed E-state index contributed by atoms with van der Waals surface area (Å²) in [5.74, 6) is -0.388. The zero-order valence-corrected chi connectivity index (χ0v) is 13.6. The molecule has 3 rings (SSSR count). The van der Waals surface area contributed by atoms with Crippen LogP contribution in [0.25, 0.3) is 11.5 Å². The lowest BCUT2D eigenvalue weighted by Crippen LogP contribution is -2.52. The summed E-state index contributed by atoms with van der Waals surface area (Å²) >= 11 is 0. The van der Waals surface area contributed by atoms with Crippen molar-refractivity contribution in [2.75, 3.05) is 26.0 Å². The lowest BCUT2D eigenvalue weighted by molar-refractivity contribution is 0.0492. The van der Waals surface area contributed by atoms with Gasteiger partial charge in [-0.1, -0.05) is 0 Å². The first-order valence-electron chi connectivity index (χ1n) is 7.08. The zero-order chi connectivity index (χ0) is 17.3. The van der Waals surface area contributed by atoms with Gasteiger partial charge in [-0.3, -0.25) is 9.35 Å². The van der Waals surface area contributed by atoms with Crippen molar-refractivity contribution in [3.8, 4) is 17.2 Å². The molecule has 1 N–H and O–H groups in total. The largest absolute Gasteiger partial charge is 0.497 e. The van der Waals surface area contributed by atoms with Gasteiger partial charge in [-0.15, -0.1) is 10.2 Å². The molecule has 2 heterocycles. The number of rotatable bonds is 5. The van der Waals surface area contributed by atoms with E-state index in [9.17, 15) is 13.2 Å². The van der Waals surface area contributed by atoms with Gasteiger partial charge >= 0.3 is 11.8 Å². The van der Waals surface area contributed by atoms with Crippen molar-refractivity contribution in [1.29, 1.82) is 0 Å². The summed E-state index contributed by atoms with van der Waals surface area (Å²) in [6.45, 7) is 0.442. The maximum Gasteiger partial charge on any atom is 0.311 e. The number of nitrogens with zero attached hydrogens (tertiary/aromatic N) is 3. The number of methoxy groups -OCH3 is 1. The van der Waals surface area contributed by atoms with Gasteiger partial charge < -0.3 is 14.1 Å². The number of amides is 1. The monoisotopic (exact) mass is 353 g/mol. The highest BCUT2D eigenvalue weighted by Gasteiger charge is 2.36. The summed E-state index contributed by atoms with van der Waals surface area (Å²) in [5, 5.41) is 7.57. The SMILES string of the molecule is COc1ccc(-c2nnc(C(=O)N3CC(CS(=O)(=O)O)C3)o2)cc1. The van der Waals surface area contributed by atoms with E-state index in [1.165, 1.54) is 4.90 Å². The number of carbonyl (C=O) groups is 1. The van der Waals surface area contributed by atoms with E-state index >= 15 is 0 Å². The molecule has 0 bridgehead atoms. The predicted molar refractivity (Wildman–Crippen MR) is 82.1 cm³/mol. The van der Waals surface area contributed by atoms with Gasteiger partial charge in [-0.05, 0) is 24.3 Å². The molecule has 0 spiro atoms. The molecule has 1 saturated heterocycles. The minimum Gasteiger partial charge on any atom is -0.497 e. The van der Waals surface area contributed by atoms with Gasteiger partial charge in [0, 0.05) is 24.6 Å². The predicted octanol–water partition coefficient (Wildman–Crippen LogP) is 0.705. The molecule has 0 radical (unpaired) electrons. The van der Waals surface area contributed by atoms with E-state index in [0.717, 1.165) is 0 Å². The van der Waals surface area contributed by atoms with Gasteiger partial charge in [0.15, 0.2) is 0 Å². The number of ether oxygens (including phenoxy) is 1. The molecule has 9 nitrogen and oxygen atoms in total. The second-order valence-electron chi connectivity index (χ2n) is 5.47. The Kier molecular flexibility index (Phi) is 4.24. The maximum absolute atomic E-state index is 12.2. The summed E-state index contributed by atoms with van der Waals surface area (Å²) in [6.07, 6.45) is 0. The second-order valence-corrected chi connectivity index (χ2v) is 6.96. The standard InChI is InChI=1S/C14H15N3O6S/c1-22-11-4-2-10(3-5-11)12-15-16-13(23-12)14(18)17-6-9(7-17)8-24(19,20)21/h2-5,9H,6-8H2,1H3,(H,19,20,21). The number of hydrogen-bond acceptors (Lipinski definition) is 7. The summed E-state index contributed by atoms with van der Waals surface area (Å²) in [5.41, 5.74) is 0.648.